The fraction of sp³-hybridized carbons (Fsp3) is 0.333. The van der Waals surface area contributed by atoms with Crippen molar-refractivity contribution in [2.45, 2.75) is 44.2 Å². The van der Waals surface area contributed by atoms with E-state index in [1.54, 1.807) is 26.0 Å². The van der Waals surface area contributed by atoms with Gasteiger partial charge in [0.1, 0.15) is 0 Å². The third kappa shape index (κ3) is 6.13. The van der Waals surface area contributed by atoms with Gasteiger partial charge in [0, 0.05) is 25.7 Å². The van der Waals surface area contributed by atoms with Crippen LogP contribution in [0.1, 0.15) is 38.8 Å². The quantitative estimate of drug-likeness (QED) is 0.690. The van der Waals surface area contributed by atoms with E-state index in [9.17, 15) is 18.0 Å². The van der Waals surface area contributed by atoms with Crippen LogP contribution in [0.3, 0.4) is 0 Å². The summed E-state index contributed by atoms with van der Waals surface area (Å²) in [6.07, 6.45) is 0.0553. The predicted octanol–water partition coefficient (Wildman–Crippen LogP) is 2.92. The maximum absolute atomic E-state index is 12.5. The summed E-state index contributed by atoms with van der Waals surface area (Å²) in [7, 11) is -2.05. The van der Waals surface area contributed by atoms with E-state index >= 15 is 0 Å². The van der Waals surface area contributed by atoms with Crippen molar-refractivity contribution in [3.63, 3.8) is 0 Å². The van der Waals surface area contributed by atoms with Crippen LogP contribution in [0.4, 0.5) is 5.69 Å². The van der Waals surface area contributed by atoms with E-state index in [1.807, 2.05) is 30.3 Å². The number of benzene rings is 2. The second-order valence-corrected chi connectivity index (χ2v) is 9.05. The van der Waals surface area contributed by atoms with E-state index in [0.717, 1.165) is 5.56 Å². The third-order valence-electron chi connectivity index (χ3n) is 4.51. The Bertz CT molecular complexity index is 942. The number of sulfonamides is 1. The van der Waals surface area contributed by atoms with E-state index in [4.69, 9.17) is 0 Å². The molecule has 2 rings (SSSR count). The fourth-order valence-electron chi connectivity index (χ4n) is 2.73. The predicted molar refractivity (Wildman–Crippen MR) is 113 cm³/mol. The molecule has 2 aromatic rings. The summed E-state index contributed by atoms with van der Waals surface area (Å²) in [6, 6.07) is 14.7. The first kappa shape index (κ1) is 22.6. The van der Waals surface area contributed by atoms with Crippen LogP contribution in [0.2, 0.25) is 0 Å². The van der Waals surface area contributed by atoms with Gasteiger partial charge in [0.05, 0.1) is 17.4 Å². The topological polar surface area (TPSA) is 95.6 Å². The van der Waals surface area contributed by atoms with Crippen LogP contribution in [0.25, 0.3) is 0 Å². The Morgan fingerprint density at radius 1 is 1.00 bits per heavy atom. The summed E-state index contributed by atoms with van der Waals surface area (Å²) in [6.45, 7) is 5.00. The van der Waals surface area contributed by atoms with E-state index in [0.29, 0.717) is 5.69 Å². The molecule has 0 radical (unpaired) electrons. The van der Waals surface area contributed by atoms with E-state index in [1.165, 1.54) is 30.4 Å². The average Bonchev–Trinajstić information content (AvgIpc) is 2.67. The van der Waals surface area contributed by atoms with Gasteiger partial charge in [0.15, 0.2) is 0 Å². The largest absolute Gasteiger partial charge is 0.349 e. The Kier molecular flexibility index (Phi) is 7.53. The minimum Gasteiger partial charge on any atom is -0.349 e. The van der Waals surface area contributed by atoms with Gasteiger partial charge in [-0.25, -0.2) is 8.42 Å². The van der Waals surface area contributed by atoms with Crippen LogP contribution < -0.4 is 10.6 Å². The van der Waals surface area contributed by atoms with Crippen molar-refractivity contribution in [2.24, 2.45) is 0 Å². The number of hydrogen-bond donors (Lipinski definition) is 2. The first-order valence-corrected chi connectivity index (χ1v) is 10.7. The Balaban J connectivity index is 2.09. The fourth-order valence-corrected chi connectivity index (χ4v) is 4.10. The highest BCUT2D eigenvalue weighted by Crippen LogP contribution is 2.21. The molecule has 1 atom stereocenters. The molecule has 0 saturated carbocycles. The maximum atomic E-state index is 12.5. The number of carbonyl (C=O) groups excluding carboxylic acids is 2. The van der Waals surface area contributed by atoms with Gasteiger partial charge < -0.3 is 10.6 Å². The Morgan fingerprint density at radius 3 is 2.10 bits per heavy atom. The first-order chi connectivity index (χ1) is 13.6. The van der Waals surface area contributed by atoms with Crippen molar-refractivity contribution >= 4 is 27.5 Å². The number of amides is 2. The zero-order chi connectivity index (χ0) is 21.6. The second kappa shape index (κ2) is 9.67. The van der Waals surface area contributed by atoms with Gasteiger partial charge in [-0.05, 0) is 43.7 Å². The highest BCUT2D eigenvalue weighted by atomic mass is 32.2. The normalized spacial score (nSPS) is 12.6. The van der Waals surface area contributed by atoms with Crippen LogP contribution in [0.5, 0.6) is 0 Å². The number of carbonyl (C=O) groups is 2. The minimum atomic E-state index is -3.58. The zero-order valence-electron chi connectivity index (χ0n) is 17.0. The highest BCUT2D eigenvalue weighted by molar-refractivity contribution is 7.89. The Morgan fingerprint density at radius 2 is 1.59 bits per heavy atom. The summed E-state index contributed by atoms with van der Waals surface area (Å²) in [5.41, 5.74) is 1.31. The lowest BCUT2D eigenvalue weighted by Crippen LogP contribution is -2.33. The molecule has 0 unspecified atom stereocenters. The SMILES string of the molecule is CC(=O)N[C@@H](CC(=O)Nc1ccc(S(=O)(=O)N(C)C(C)C)cc1)c1ccccc1. The van der Waals surface area contributed by atoms with Crippen LogP contribution in [0, 0.1) is 0 Å². The standard InChI is InChI=1S/C21H27N3O4S/c1-15(2)24(4)29(27,28)19-12-10-18(11-13-19)23-21(26)14-20(22-16(3)25)17-8-6-5-7-9-17/h5-13,15,20H,14H2,1-4H3,(H,22,25)(H,23,26)/t20-/m0/s1. The monoisotopic (exact) mass is 417 g/mol. The molecule has 0 aliphatic carbocycles. The lowest BCUT2D eigenvalue weighted by atomic mass is 10.0. The molecule has 0 aliphatic heterocycles. The molecular weight excluding hydrogens is 390 g/mol. The van der Waals surface area contributed by atoms with E-state index < -0.39 is 16.1 Å². The van der Waals surface area contributed by atoms with Crippen molar-refractivity contribution in [2.75, 3.05) is 12.4 Å². The van der Waals surface area contributed by atoms with Gasteiger partial charge in [-0.3, -0.25) is 9.59 Å². The lowest BCUT2D eigenvalue weighted by molar-refractivity contribution is -0.120. The molecule has 2 N–H and O–H groups in total. The van der Waals surface area contributed by atoms with Crippen molar-refractivity contribution in [1.29, 1.82) is 0 Å². The molecule has 0 fully saturated rings. The van der Waals surface area contributed by atoms with Crippen molar-refractivity contribution < 1.29 is 18.0 Å². The summed E-state index contributed by atoms with van der Waals surface area (Å²) in [5, 5.41) is 5.53. The van der Waals surface area contributed by atoms with E-state index in [-0.39, 0.29) is 29.2 Å². The summed E-state index contributed by atoms with van der Waals surface area (Å²) < 4.78 is 26.3. The molecular formula is C21H27N3O4S. The molecule has 0 heterocycles. The molecule has 8 heteroatoms. The molecule has 0 aromatic heterocycles. The highest BCUT2D eigenvalue weighted by Gasteiger charge is 2.23. The number of rotatable bonds is 8. The minimum absolute atomic E-state index is 0.0553. The van der Waals surface area contributed by atoms with Gasteiger partial charge in [0.2, 0.25) is 21.8 Å². The van der Waals surface area contributed by atoms with Crippen molar-refractivity contribution in [3.8, 4) is 0 Å². The molecule has 0 aliphatic rings. The summed E-state index contributed by atoms with van der Waals surface area (Å²) in [4.78, 5) is 24.1. The maximum Gasteiger partial charge on any atom is 0.243 e. The van der Waals surface area contributed by atoms with Crippen LogP contribution in [-0.2, 0) is 19.6 Å². The van der Waals surface area contributed by atoms with Gasteiger partial charge in [0.25, 0.3) is 0 Å². The van der Waals surface area contributed by atoms with Crippen molar-refractivity contribution in [3.05, 3.63) is 60.2 Å². The zero-order valence-corrected chi connectivity index (χ0v) is 17.9. The second-order valence-electron chi connectivity index (χ2n) is 7.06. The smallest absolute Gasteiger partial charge is 0.243 e. The number of nitrogens with zero attached hydrogens (tertiary/aromatic N) is 1. The molecule has 0 saturated heterocycles. The number of hydrogen-bond acceptors (Lipinski definition) is 4. The van der Waals surface area contributed by atoms with E-state index in [2.05, 4.69) is 10.6 Å². The molecule has 2 aromatic carbocycles. The van der Waals surface area contributed by atoms with Crippen LogP contribution in [-0.4, -0.2) is 37.6 Å². The molecule has 7 nitrogen and oxygen atoms in total. The van der Waals surface area contributed by atoms with Gasteiger partial charge in [-0.2, -0.15) is 4.31 Å². The van der Waals surface area contributed by atoms with Gasteiger partial charge in [-0.1, -0.05) is 30.3 Å². The average molecular weight is 418 g/mol. The van der Waals surface area contributed by atoms with Gasteiger partial charge >= 0.3 is 0 Å². The Hall–Kier alpha value is -2.71. The first-order valence-electron chi connectivity index (χ1n) is 9.31. The molecule has 2 amide bonds. The lowest BCUT2D eigenvalue weighted by Gasteiger charge is -2.21. The summed E-state index contributed by atoms with van der Waals surface area (Å²) >= 11 is 0. The van der Waals surface area contributed by atoms with Gasteiger partial charge in [-0.15, -0.1) is 0 Å². The Labute approximate surface area is 172 Å². The number of nitrogens with one attached hydrogen (secondary N) is 2. The molecule has 29 heavy (non-hydrogen) atoms. The summed E-state index contributed by atoms with van der Waals surface area (Å²) in [5.74, 6) is -0.516. The molecule has 156 valence electrons. The molecule has 0 bridgehead atoms. The van der Waals surface area contributed by atoms with Crippen LogP contribution in [0.15, 0.2) is 59.5 Å². The van der Waals surface area contributed by atoms with Crippen molar-refractivity contribution in [1.82, 2.24) is 9.62 Å². The third-order valence-corrected chi connectivity index (χ3v) is 6.56. The number of anilines is 1. The van der Waals surface area contributed by atoms with Crippen LogP contribution >= 0.6 is 0 Å². The molecule has 0 spiro atoms.